The second-order valence-electron chi connectivity index (χ2n) is 4.38. The van der Waals surface area contributed by atoms with Crippen molar-refractivity contribution in [2.45, 2.75) is 18.9 Å². The van der Waals surface area contributed by atoms with E-state index in [-0.39, 0.29) is 6.04 Å². The van der Waals surface area contributed by atoms with Gasteiger partial charge in [0.15, 0.2) is 0 Å². The number of benzene rings is 1. The van der Waals surface area contributed by atoms with Gasteiger partial charge in [-0.3, -0.25) is 16.0 Å². The van der Waals surface area contributed by atoms with Gasteiger partial charge in [0.25, 0.3) is 0 Å². The average Bonchev–Trinajstić information content (AvgIpc) is 2.74. The number of hydrogen-bond acceptors (Lipinski definition) is 3. The maximum Gasteiger partial charge on any atom is 0.0640 e. The van der Waals surface area contributed by atoms with E-state index in [0.717, 1.165) is 23.0 Å². The molecule has 96 valence electrons. The number of halogens is 1. The van der Waals surface area contributed by atoms with E-state index in [1.165, 1.54) is 5.56 Å². The number of hydrazine groups is 1. The summed E-state index contributed by atoms with van der Waals surface area (Å²) in [5.41, 5.74) is 5.17. The summed E-state index contributed by atoms with van der Waals surface area (Å²) in [7, 11) is 1.92. The Morgan fingerprint density at radius 2 is 2.22 bits per heavy atom. The summed E-state index contributed by atoms with van der Waals surface area (Å²) in [4.78, 5) is 0. The lowest BCUT2D eigenvalue weighted by Gasteiger charge is -2.14. The Balaban J connectivity index is 2.01. The molecule has 0 amide bonds. The van der Waals surface area contributed by atoms with Crippen molar-refractivity contribution in [3.8, 4) is 0 Å². The molecule has 3 N–H and O–H groups in total. The van der Waals surface area contributed by atoms with Gasteiger partial charge < -0.3 is 0 Å². The molecule has 0 radical (unpaired) electrons. The van der Waals surface area contributed by atoms with Gasteiger partial charge in [-0.2, -0.15) is 5.10 Å². The zero-order valence-electron chi connectivity index (χ0n) is 10.3. The van der Waals surface area contributed by atoms with E-state index >= 15 is 0 Å². The van der Waals surface area contributed by atoms with Crippen molar-refractivity contribution in [3.63, 3.8) is 0 Å². The molecule has 1 unspecified atom stereocenters. The zero-order chi connectivity index (χ0) is 13.0. The van der Waals surface area contributed by atoms with E-state index in [0.29, 0.717) is 0 Å². The highest BCUT2D eigenvalue weighted by molar-refractivity contribution is 9.10. The lowest BCUT2D eigenvalue weighted by molar-refractivity contribution is 0.514. The van der Waals surface area contributed by atoms with Crippen molar-refractivity contribution in [2.24, 2.45) is 12.9 Å². The highest BCUT2D eigenvalue weighted by atomic mass is 79.9. The van der Waals surface area contributed by atoms with E-state index in [2.05, 4.69) is 38.6 Å². The third kappa shape index (κ3) is 3.66. The summed E-state index contributed by atoms with van der Waals surface area (Å²) >= 11 is 3.48. The molecule has 0 aliphatic rings. The second kappa shape index (κ2) is 6.13. The van der Waals surface area contributed by atoms with E-state index in [1.807, 2.05) is 36.1 Å². The van der Waals surface area contributed by atoms with Crippen LogP contribution in [0.2, 0.25) is 0 Å². The Labute approximate surface area is 115 Å². The molecule has 1 atom stereocenters. The molecule has 2 aromatic rings. The lowest BCUT2D eigenvalue weighted by Crippen LogP contribution is -2.38. The van der Waals surface area contributed by atoms with Crippen molar-refractivity contribution in [1.82, 2.24) is 15.2 Å². The predicted molar refractivity (Wildman–Crippen MR) is 75.9 cm³/mol. The second-order valence-corrected chi connectivity index (χ2v) is 5.30. The van der Waals surface area contributed by atoms with Crippen LogP contribution in [0.1, 0.15) is 11.3 Å². The molecule has 0 saturated heterocycles. The largest absolute Gasteiger partial charge is 0.276 e. The summed E-state index contributed by atoms with van der Waals surface area (Å²) in [6.07, 6.45) is 3.65. The van der Waals surface area contributed by atoms with Gasteiger partial charge in [-0.15, -0.1) is 0 Å². The molecule has 0 spiro atoms. The maximum absolute atomic E-state index is 5.62. The first kappa shape index (κ1) is 13.3. The highest BCUT2D eigenvalue weighted by Crippen LogP contribution is 2.14. The molecule has 2 rings (SSSR count). The summed E-state index contributed by atoms with van der Waals surface area (Å²) < 4.78 is 2.90. The van der Waals surface area contributed by atoms with Crippen molar-refractivity contribution in [2.75, 3.05) is 0 Å². The van der Waals surface area contributed by atoms with Crippen LogP contribution in [0, 0.1) is 0 Å². The predicted octanol–water partition coefficient (Wildman–Crippen LogP) is 1.80. The molecule has 5 heteroatoms. The van der Waals surface area contributed by atoms with Crippen LogP contribution in [0.15, 0.2) is 41.0 Å². The van der Waals surface area contributed by atoms with Gasteiger partial charge in [0.2, 0.25) is 0 Å². The molecular formula is C13H17BrN4. The molecule has 0 saturated carbocycles. The van der Waals surface area contributed by atoms with Gasteiger partial charge in [-0.05, 0) is 30.2 Å². The normalized spacial score (nSPS) is 12.6. The van der Waals surface area contributed by atoms with Crippen molar-refractivity contribution >= 4 is 15.9 Å². The van der Waals surface area contributed by atoms with E-state index in [4.69, 9.17) is 5.84 Å². The molecule has 1 aromatic carbocycles. The minimum absolute atomic E-state index is 0.189. The van der Waals surface area contributed by atoms with Crippen LogP contribution >= 0.6 is 15.9 Å². The Morgan fingerprint density at radius 3 is 2.83 bits per heavy atom. The maximum atomic E-state index is 5.62. The number of aryl methyl sites for hydroxylation is 1. The first-order valence-electron chi connectivity index (χ1n) is 5.86. The fourth-order valence-corrected chi connectivity index (χ4v) is 2.41. The van der Waals surface area contributed by atoms with Crippen LogP contribution in [-0.4, -0.2) is 15.8 Å². The smallest absolute Gasteiger partial charge is 0.0640 e. The van der Waals surface area contributed by atoms with Crippen molar-refractivity contribution in [1.29, 1.82) is 0 Å². The summed E-state index contributed by atoms with van der Waals surface area (Å²) in [5, 5.41) is 4.37. The van der Waals surface area contributed by atoms with Crippen LogP contribution < -0.4 is 11.3 Å². The fourth-order valence-electron chi connectivity index (χ4n) is 1.96. The van der Waals surface area contributed by atoms with E-state index < -0.39 is 0 Å². The first-order valence-corrected chi connectivity index (χ1v) is 6.66. The standard InChI is InChI=1S/C13H17BrN4/c1-18-6-5-12(17-18)9-13(16-15)8-10-3-2-4-11(14)7-10/h2-7,13,16H,8-9,15H2,1H3. The van der Waals surface area contributed by atoms with Gasteiger partial charge in [-0.25, -0.2) is 0 Å². The van der Waals surface area contributed by atoms with Crippen LogP contribution in [0.3, 0.4) is 0 Å². The Hall–Kier alpha value is -1.17. The third-order valence-corrected chi connectivity index (χ3v) is 3.32. The molecule has 1 heterocycles. The van der Waals surface area contributed by atoms with Gasteiger partial charge >= 0.3 is 0 Å². The number of rotatable bonds is 5. The minimum Gasteiger partial charge on any atom is -0.276 e. The number of hydrogen-bond donors (Lipinski definition) is 2. The molecule has 1 aromatic heterocycles. The SMILES string of the molecule is Cn1ccc(CC(Cc2cccc(Br)c2)NN)n1. The molecule has 0 fully saturated rings. The van der Waals surface area contributed by atoms with Crippen molar-refractivity contribution < 1.29 is 0 Å². The third-order valence-electron chi connectivity index (χ3n) is 2.83. The average molecular weight is 309 g/mol. The first-order chi connectivity index (χ1) is 8.67. The van der Waals surface area contributed by atoms with Gasteiger partial charge in [0.1, 0.15) is 0 Å². The van der Waals surface area contributed by atoms with Crippen molar-refractivity contribution in [3.05, 3.63) is 52.3 Å². The molecule has 0 aliphatic heterocycles. The molecule has 18 heavy (non-hydrogen) atoms. The van der Waals surface area contributed by atoms with Gasteiger partial charge in [0.05, 0.1) is 5.69 Å². The summed E-state index contributed by atoms with van der Waals surface area (Å²) in [6, 6.07) is 10.5. The van der Waals surface area contributed by atoms with Gasteiger partial charge in [0, 0.05) is 30.2 Å². The van der Waals surface area contributed by atoms with E-state index in [1.54, 1.807) is 0 Å². The highest BCUT2D eigenvalue weighted by Gasteiger charge is 2.10. The molecular weight excluding hydrogens is 292 g/mol. The van der Waals surface area contributed by atoms with E-state index in [9.17, 15) is 0 Å². The van der Waals surface area contributed by atoms with Crippen LogP contribution in [0.5, 0.6) is 0 Å². The Bertz CT molecular complexity index is 509. The van der Waals surface area contributed by atoms with Gasteiger partial charge in [-0.1, -0.05) is 28.1 Å². The Morgan fingerprint density at radius 1 is 1.39 bits per heavy atom. The summed E-state index contributed by atoms with van der Waals surface area (Å²) in [6.45, 7) is 0. The number of nitrogens with one attached hydrogen (secondary N) is 1. The number of aromatic nitrogens is 2. The number of nitrogens with two attached hydrogens (primary N) is 1. The quantitative estimate of drug-likeness (QED) is 0.654. The minimum atomic E-state index is 0.189. The Kier molecular flexibility index (Phi) is 4.52. The van der Waals surface area contributed by atoms with Crippen LogP contribution in [-0.2, 0) is 19.9 Å². The molecule has 4 nitrogen and oxygen atoms in total. The lowest BCUT2D eigenvalue weighted by atomic mass is 10.0. The molecule has 0 bridgehead atoms. The van der Waals surface area contributed by atoms with Crippen LogP contribution in [0.25, 0.3) is 0 Å². The fraction of sp³-hybridized carbons (Fsp3) is 0.308. The monoisotopic (exact) mass is 308 g/mol. The zero-order valence-corrected chi connectivity index (χ0v) is 11.9. The topological polar surface area (TPSA) is 55.9 Å². The van der Waals surface area contributed by atoms with Crippen LogP contribution in [0.4, 0.5) is 0 Å². The molecule has 0 aliphatic carbocycles. The summed E-state index contributed by atoms with van der Waals surface area (Å²) in [5.74, 6) is 5.62. The number of nitrogens with zero attached hydrogens (tertiary/aromatic N) is 2.